The summed E-state index contributed by atoms with van der Waals surface area (Å²) >= 11 is 0. The van der Waals surface area contributed by atoms with Crippen LogP contribution >= 0.6 is 0 Å². The van der Waals surface area contributed by atoms with E-state index in [-0.39, 0.29) is 24.2 Å². The van der Waals surface area contributed by atoms with Crippen molar-refractivity contribution in [3.05, 3.63) is 0 Å². The molecule has 1 rings (SSSR count). The fourth-order valence-electron chi connectivity index (χ4n) is 2.44. The van der Waals surface area contributed by atoms with Gasteiger partial charge in [-0.05, 0) is 46.5 Å². The maximum absolute atomic E-state index is 11.9. The summed E-state index contributed by atoms with van der Waals surface area (Å²) in [6.45, 7) is 10.7. The Balaban J connectivity index is 2.37. The fraction of sp³-hybridized carbons (Fsp3) is 0.933. The molecule has 19 heavy (non-hydrogen) atoms. The number of hydrogen-bond donors (Lipinski definition) is 2. The van der Waals surface area contributed by atoms with Gasteiger partial charge in [-0.25, -0.2) is 0 Å². The van der Waals surface area contributed by atoms with Gasteiger partial charge in [-0.15, -0.1) is 0 Å². The highest BCUT2D eigenvalue weighted by molar-refractivity contribution is 5.77. The molecule has 112 valence electrons. The van der Waals surface area contributed by atoms with Crippen molar-refractivity contribution >= 4 is 5.91 Å². The van der Waals surface area contributed by atoms with E-state index in [0.29, 0.717) is 12.1 Å². The molecule has 0 saturated carbocycles. The second-order valence-corrected chi connectivity index (χ2v) is 6.29. The molecule has 2 N–H and O–H groups in total. The Morgan fingerprint density at radius 2 is 2.05 bits per heavy atom. The number of ether oxygens (including phenoxy) is 1. The van der Waals surface area contributed by atoms with Gasteiger partial charge < -0.3 is 15.4 Å². The number of rotatable bonds is 6. The molecule has 1 fully saturated rings. The lowest BCUT2D eigenvalue weighted by atomic mass is 9.95. The van der Waals surface area contributed by atoms with E-state index in [0.717, 1.165) is 25.7 Å². The zero-order chi connectivity index (χ0) is 14.5. The van der Waals surface area contributed by atoms with Crippen molar-refractivity contribution in [2.24, 2.45) is 0 Å². The fourth-order valence-corrected chi connectivity index (χ4v) is 2.44. The van der Waals surface area contributed by atoms with Crippen molar-refractivity contribution in [3.8, 4) is 0 Å². The van der Waals surface area contributed by atoms with Gasteiger partial charge in [0.15, 0.2) is 0 Å². The Morgan fingerprint density at radius 1 is 1.37 bits per heavy atom. The van der Waals surface area contributed by atoms with E-state index < -0.39 is 0 Å². The first-order valence-corrected chi connectivity index (χ1v) is 7.56. The summed E-state index contributed by atoms with van der Waals surface area (Å²) in [6.07, 6.45) is 4.27. The normalized spacial score (nSPS) is 28.2. The van der Waals surface area contributed by atoms with Gasteiger partial charge in [-0.1, -0.05) is 13.8 Å². The topological polar surface area (TPSA) is 50.4 Å². The molecule has 1 saturated heterocycles. The van der Waals surface area contributed by atoms with E-state index >= 15 is 0 Å². The summed E-state index contributed by atoms with van der Waals surface area (Å²) in [5, 5.41) is 6.55. The molecular formula is C15H30N2O2. The molecule has 0 aromatic rings. The highest BCUT2D eigenvalue weighted by atomic mass is 16.5. The molecule has 1 aliphatic heterocycles. The first kappa shape index (κ1) is 16.4. The molecule has 0 aliphatic carbocycles. The first-order chi connectivity index (χ1) is 8.88. The standard InChI is InChI=1S/C15H30N2O2/c1-6-12-13(9-8-11(3)16-12)19-10-14(18)17-15(4,5)7-2/h11-13,16H,6-10H2,1-5H3,(H,17,18). The summed E-state index contributed by atoms with van der Waals surface area (Å²) < 4.78 is 5.81. The molecule has 1 heterocycles. The molecule has 0 spiro atoms. The number of nitrogens with one attached hydrogen (secondary N) is 2. The van der Waals surface area contributed by atoms with Crippen molar-refractivity contribution < 1.29 is 9.53 Å². The van der Waals surface area contributed by atoms with Gasteiger partial charge in [0.05, 0.1) is 6.10 Å². The van der Waals surface area contributed by atoms with Gasteiger partial charge in [-0.2, -0.15) is 0 Å². The Morgan fingerprint density at radius 3 is 2.63 bits per heavy atom. The van der Waals surface area contributed by atoms with Crippen LogP contribution in [0.3, 0.4) is 0 Å². The van der Waals surface area contributed by atoms with Crippen molar-refractivity contribution in [1.82, 2.24) is 10.6 Å². The van der Waals surface area contributed by atoms with Crippen molar-refractivity contribution in [2.75, 3.05) is 6.61 Å². The van der Waals surface area contributed by atoms with Crippen LogP contribution in [0.15, 0.2) is 0 Å². The van der Waals surface area contributed by atoms with Crippen molar-refractivity contribution in [3.63, 3.8) is 0 Å². The Hall–Kier alpha value is -0.610. The van der Waals surface area contributed by atoms with Gasteiger partial charge in [0.1, 0.15) is 6.61 Å². The van der Waals surface area contributed by atoms with E-state index in [1.807, 2.05) is 13.8 Å². The Bertz CT molecular complexity index is 292. The van der Waals surface area contributed by atoms with Crippen molar-refractivity contribution in [1.29, 1.82) is 0 Å². The van der Waals surface area contributed by atoms with Crippen LogP contribution in [-0.4, -0.2) is 36.2 Å². The van der Waals surface area contributed by atoms with E-state index in [2.05, 4.69) is 31.4 Å². The second-order valence-electron chi connectivity index (χ2n) is 6.29. The van der Waals surface area contributed by atoms with Crippen LogP contribution in [0.5, 0.6) is 0 Å². The number of hydrogen-bond acceptors (Lipinski definition) is 3. The second kappa shape index (κ2) is 7.25. The molecule has 3 unspecified atom stereocenters. The predicted molar refractivity (Wildman–Crippen MR) is 78.2 cm³/mol. The minimum Gasteiger partial charge on any atom is -0.367 e. The molecule has 3 atom stereocenters. The van der Waals surface area contributed by atoms with Crippen molar-refractivity contribution in [2.45, 2.75) is 84.0 Å². The summed E-state index contributed by atoms with van der Waals surface area (Å²) in [4.78, 5) is 11.9. The minimum atomic E-state index is -0.149. The van der Waals surface area contributed by atoms with Crippen LogP contribution in [0.1, 0.15) is 60.3 Å². The molecule has 0 aromatic carbocycles. The third-order valence-electron chi connectivity index (χ3n) is 4.06. The molecule has 0 bridgehead atoms. The Labute approximate surface area is 117 Å². The molecule has 4 heteroatoms. The van der Waals surface area contributed by atoms with Crippen LogP contribution in [-0.2, 0) is 9.53 Å². The van der Waals surface area contributed by atoms with E-state index in [1.54, 1.807) is 0 Å². The SMILES string of the molecule is CCC1NC(C)CCC1OCC(=O)NC(C)(C)CC. The summed E-state index contributed by atoms with van der Waals surface area (Å²) in [7, 11) is 0. The lowest BCUT2D eigenvalue weighted by molar-refractivity contribution is -0.130. The molecule has 1 amide bonds. The lowest BCUT2D eigenvalue weighted by Gasteiger charge is -2.35. The predicted octanol–water partition coefficient (Wildman–Crippen LogP) is 2.23. The number of amides is 1. The molecule has 0 aromatic heterocycles. The van der Waals surface area contributed by atoms with Crippen LogP contribution in [0.25, 0.3) is 0 Å². The highest BCUT2D eigenvalue weighted by Crippen LogP contribution is 2.18. The van der Waals surface area contributed by atoms with E-state index in [4.69, 9.17) is 4.74 Å². The highest BCUT2D eigenvalue weighted by Gasteiger charge is 2.28. The third-order valence-corrected chi connectivity index (χ3v) is 4.06. The van der Waals surface area contributed by atoms with Crippen LogP contribution in [0.2, 0.25) is 0 Å². The number of piperidine rings is 1. The van der Waals surface area contributed by atoms with Gasteiger partial charge in [0.2, 0.25) is 5.91 Å². The van der Waals surface area contributed by atoms with Gasteiger partial charge in [-0.3, -0.25) is 4.79 Å². The lowest BCUT2D eigenvalue weighted by Crippen LogP contribution is -2.51. The summed E-state index contributed by atoms with van der Waals surface area (Å²) in [5.74, 6) is -0.0136. The zero-order valence-corrected chi connectivity index (χ0v) is 13.1. The molecule has 1 aliphatic rings. The van der Waals surface area contributed by atoms with E-state index in [9.17, 15) is 4.79 Å². The maximum Gasteiger partial charge on any atom is 0.246 e. The minimum absolute atomic E-state index is 0.0136. The molecule has 0 radical (unpaired) electrons. The summed E-state index contributed by atoms with van der Waals surface area (Å²) in [6, 6.07) is 0.924. The smallest absolute Gasteiger partial charge is 0.246 e. The largest absolute Gasteiger partial charge is 0.367 e. The van der Waals surface area contributed by atoms with Gasteiger partial charge in [0.25, 0.3) is 0 Å². The zero-order valence-electron chi connectivity index (χ0n) is 13.1. The quantitative estimate of drug-likeness (QED) is 0.778. The van der Waals surface area contributed by atoms with E-state index in [1.165, 1.54) is 0 Å². The number of carbonyl (C=O) groups excluding carboxylic acids is 1. The van der Waals surface area contributed by atoms with Crippen LogP contribution in [0, 0.1) is 0 Å². The summed E-state index contributed by atoms with van der Waals surface area (Å²) in [5.41, 5.74) is -0.149. The number of carbonyl (C=O) groups is 1. The van der Waals surface area contributed by atoms with Gasteiger partial charge in [0, 0.05) is 17.6 Å². The average Bonchev–Trinajstić information content (AvgIpc) is 2.36. The monoisotopic (exact) mass is 270 g/mol. The molecular weight excluding hydrogens is 240 g/mol. The Kier molecular flexibility index (Phi) is 6.27. The maximum atomic E-state index is 11.9. The van der Waals surface area contributed by atoms with Crippen LogP contribution in [0.4, 0.5) is 0 Å². The van der Waals surface area contributed by atoms with Gasteiger partial charge >= 0.3 is 0 Å². The average molecular weight is 270 g/mol. The third kappa shape index (κ3) is 5.49. The first-order valence-electron chi connectivity index (χ1n) is 7.56. The molecule has 4 nitrogen and oxygen atoms in total. The van der Waals surface area contributed by atoms with Crippen LogP contribution < -0.4 is 10.6 Å².